The standard InChI is InChI=1S/CH4ClO3P.Zn/c2-1-6(3,4)5;/h1H2,(H2,3,4,5);/q;+2/p-2. The molecule has 0 aromatic carbocycles. The third kappa shape index (κ3) is 11.0. The van der Waals surface area contributed by atoms with E-state index in [1.165, 1.54) is 0 Å². The van der Waals surface area contributed by atoms with Crippen LogP contribution in [0.4, 0.5) is 0 Å². The van der Waals surface area contributed by atoms with Gasteiger partial charge in [-0.2, -0.15) is 0 Å². The molecule has 0 radical (unpaired) electrons. The number of hydrogen-bond acceptors (Lipinski definition) is 3. The minimum Gasteiger partial charge on any atom is -0.810 e. The van der Waals surface area contributed by atoms with E-state index >= 15 is 0 Å². The Bertz CT molecular complexity index is 79.0. The van der Waals surface area contributed by atoms with Gasteiger partial charge in [0.25, 0.3) is 0 Å². The van der Waals surface area contributed by atoms with E-state index in [9.17, 15) is 14.4 Å². The second-order valence-corrected chi connectivity index (χ2v) is 2.91. The number of halogens is 1. The predicted molar refractivity (Wildman–Crippen MR) is 18.3 cm³/mol. The van der Waals surface area contributed by atoms with E-state index in [1.807, 2.05) is 0 Å². The molecule has 0 N–H and O–H groups in total. The molecule has 0 aliphatic heterocycles. The molecule has 0 amide bonds. The van der Waals surface area contributed by atoms with Crippen LogP contribution in [0.5, 0.6) is 0 Å². The largest absolute Gasteiger partial charge is 2.00 e. The van der Waals surface area contributed by atoms with E-state index in [0.717, 1.165) is 0 Å². The molecule has 7 heavy (non-hydrogen) atoms. The van der Waals surface area contributed by atoms with Crippen molar-refractivity contribution in [3.63, 3.8) is 0 Å². The van der Waals surface area contributed by atoms with Crippen LogP contribution in [0, 0.1) is 0 Å². The Morgan fingerprint density at radius 3 is 1.71 bits per heavy atom. The summed E-state index contributed by atoms with van der Waals surface area (Å²) in [6, 6.07) is 0. The van der Waals surface area contributed by atoms with Gasteiger partial charge in [0.05, 0.1) is 5.62 Å². The van der Waals surface area contributed by atoms with Crippen molar-refractivity contribution in [1.29, 1.82) is 0 Å². The molecular weight excluding hydrogens is 192 g/mol. The number of rotatable bonds is 1. The minimum absolute atomic E-state index is 0. The molecule has 0 atom stereocenters. The fourth-order valence-corrected chi connectivity index (χ4v) is 0. The normalized spacial score (nSPS) is 10.1. The smallest absolute Gasteiger partial charge is 0.810 e. The summed E-state index contributed by atoms with van der Waals surface area (Å²) in [6.45, 7) is 0. The van der Waals surface area contributed by atoms with Gasteiger partial charge >= 0.3 is 19.5 Å². The average Bonchev–Trinajstić information content (AvgIpc) is 1.35. The van der Waals surface area contributed by atoms with Crippen LogP contribution in [0.25, 0.3) is 0 Å². The van der Waals surface area contributed by atoms with Gasteiger partial charge in [-0.3, -0.25) is 0 Å². The van der Waals surface area contributed by atoms with E-state index in [1.54, 1.807) is 0 Å². The maximum absolute atomic E-state index is 9.34. The zero-order valence-corrected chi connectivity index (χ0v) is 8.08. The molecule has 3 nitrogen and oxygen atoms in total. The molecule has 0 unspecified atom stereocenters. The van der Waals surface area contributed by atoms with E-state index in [-0.39, 0.29) is 19.5 Å². The first-order valence-electron chi connectivity index (χ1n) is 1.13. The van der Waals surface area contributed by atoms with Crippen LogP contribution in [0.15, 0.2) is 0 Å². The molecule has 0 aromatic heterocycles. The molecule has 0 rings (SSSR count). The Morgan fingerprint density at radius 2 is 1.71 bits per heavy atom. The Labute approximate surface area is 59.0 Å². The molecule has 0 saturated heterocycles. The number of hydrogen-bond donors (Lipinski definition) is 0. The summed E-state index contributed by atoms with van der Waals surface area (Å²) in [6.07, 6.45) is 0. The van der Waals surface area contributed by atoms with Crippen molar-refractivity contribution in [3.8, 4) is 0 Å². The molecule has 0 heterocycles. The molecule has 0 saturated carbocycles. The van der Waals surface area contributed by atoms with Crippen molar-refractivity contribution >= 4 is 19.2 Å². The first kappa shape index (κ1) is 10.9. The van der Waals surface area contributed by atoms with E-state index < -0.39 is 13.2 Å². The van der Waals surface area contributed by atoms with Gasteiger partial charge in [0.15, 0.2) is 0 Å². The molecule has 0 aliphatic carbocycles. The van der Waals surface area contributed by atoms with Gasteiger partial charge < -0.3 is 14.4 Å². The molecule has 6 heteroatoms. The summed E-state index contributed by atoms with van der Waals surface area (Å²) in [7, 11) is -4.38. The Kier molecular flexibility index (Phi) is 6.24. The zero-order chi connectivity index (χ0) is 5.21. The second kappa shape index (κ2) is 3.99. The Morgan fingerprint density at radius 1 is 1.57 bits per heavy atom. The van der Waals surface area contributed by atoms with Gasteiger partial charge in [-0.15, -0.1) is 11.6 Å². The van der Waals surface area contributed by atoms with E-state index in [2.05, 4.69) is 11.6 Å². The van der Waals surface area contributed by atoms with Crippen LogP contribution in [0.1, 0.15) is 0 Å². The monoisotopic (exact) mass is 192 g/mol. The van der Waals surface area contributed by atoms with Crippen molar-refractivity contribution < 1.29 is 33.8 Å². The minimum atomic E-state index is -4.38. The van der Waals surface area contributed by atoms with Crippen molar-refractivity contribution in [2.24, 2.45) is 0 Å². The molecule has 38 valence electrons. The van der Waals surface area contributed by atoms with Gasteiger partial charge in [0.1, 0.15) is 0 Å². The fraction of sp³-hybridized carbons (Fsp3) is 1.00. The first-order valence-corrected chi connectivity index (χ1v) is 3.39. The van der Waals surface area contributed by atoms with Crippen molar-refractivity contribution in [3.05, 3.63) is 0 Å². The summed E-state index contributed by atoms with van der Waals surface area (Å²) in [5.41, 5.74) is -0.812. The van der Waals surface area contributed by atoms with Crippen LogP contribution in [0.2, 0.25) is 0 Å². The van der Waals surface area contributed by atoms with Gasteiger partial charge in [-0.25, -0.2) is 0 Å². The van der Waals surface area contributed by atoms with Gasteiger partial charge in [-0.05, 0) is 0 Å². The number of alkyl halides is 1. The van der Waals surface area contributed by atoms with Crippen molar-refractivity contribution in [2.45, 2.75) is 0 Å². The summed E-state index contributed by atoms with van der Waals surface area (Å²) < 4.78 is 9.34. The zero-order valence-electron chi connectivity index (χ0n) is 3.46. The van der Waals surface area contributed by atoms with Gasteiger partial charge in [0.2, 0.25) is 0 Å². The second-order valence-electron chi connectivity index (χ2n) is 0.730. The maximum Gasteiger partial charge on any atom is 2.00 e. The topological polar surface area (TPSA) is 63.2 Å². The summed E-state index contributed by atoms with van der Waals surface area (Å²) in [5, 5.41) is 0. The Hall–Kier alpha value is 1.06. The van der Waals surface area contributed by atoms with Gasteiger partial charge in [0, 0.05) is 0 Å². The summed E-state index contributed by atoms with van der Waals surface area (Å²) in [4.78, 5) is 18.7. The average molecular weight is 194 g/mol. The molecular formula is CH2ClO3PZn. The van der Waals surface area contributed by atoms with E-state index in [0.29, 0.717) is 0 Å². The first-order chi connectivity index (χ1) is 2.56. The summed E-state index contributed by atoms with van der Waals surface area (Å²) >= 11 is 4.59. The van der Waals surface area contributed by atoms with Gasteiger partial charge in [-0.1, -0.05) is 7.60 Å². The Balaban J connectivity index is 0. The third-order valence-corrected chi connectivity index (χ3v) is 1.32. The maximum atomic E-state index is 9.34. The van der Waals surface area contributed by atoms with Crippen LogP contribution in [0.3, 0.4) is 0 Å². The molecule has 0 aromatic rings. The molecule has 0 aliphatic rings. The molecule has 0 bridgehead atoms. The third-order valence-electron chi connectivity index (χ3n) is 0.146. The van der Waals surface area contributed by atoms with Crippen LogP contribution in [-0.2, 0) is 24.0 Å². The van der Waals surface area contributed by atoms with Crippen LogP contribution < -0.4 is 9.79 Å². The summed E-state index contributed by atoms with van der Waals surface area (Å²) in [5.74, 6) is 0. The van der Waals surface area contributed by atoms with Crippen molar-refractivity contribution in [1.82, 2.24) is 0 Å². The SMILES string of the molecule is O=P([O-])([O-])CCl.[Zn+2]. The van der Waals surface area contributed by atoms with Crippen molar-refractivity contribution in [2.75, 3.05) is 5.62 Å². The molecule has 0 fully saturated rings. The quantitative estimate of drug-likeness (QED) is 0.308. The van der Waals surface area contributed by atoms with E-state index in [4.69, 9.17) is 0 Å². The fourth-order valence-electron chi connectivity index (χ4n) is 0. The van der Waals surface area contributed by atoms with Crippen LogP contribution in [-0.4, -0.2) is 5.62 Å². The van der Waals surface area contributed by atoms with Crippen LogP contribution >= 0.6 is 19.2 Å². The predicted octanol–water partition coefficient (Wildman–Crippen LogP) is -0.906. The molecule has 0 spiro atoms.